The summed E-state index contributed by atoms with van der Waals surface area (Å²) in [5.74, 6) is -0.149. The van der Waals surface area contributed by atoms with Crippen LogP contribution in [0.3, 0.4) is 0 Å². The molecule has 0 saturated heterocycles. The van der Waals surface area contributed by atoms with Crippen LogP contribution in [0.25, 0.3) is 10.8 Å². The Morgan fingerprint density at radius 1 is 0.568 bits per heavy atom. The van der Waals surface area contributed by atoms with E-state index in [1.54, 1.807) is 12.1 Å². The summed E-state index contributed by atoms with van der Waals surface area (Å²) in [7, 11) is -0.446. The number of para-hydroxylation sites is 1. The van der Waals surface area contributed by atoms with Crippen molar-refractivity contribution in [2.75, 3.05) is 5.32 Å². The van der Waals surface area contributed by atoms with Gasteiger partial charge < -0.3 is 35.2 Å². The molecule has 4 nitrogen and oxygen atoms in total. The molecule has 0 bridgehead atoms. The van der Waals surface area contributed by atoms with Crippen LogP contribution in [0.15, 0.2) is 168 Å². The summed E-state index contributed by atoms with van der Waals surface area (Å²) in [5.41, 5.74) is 1.10. The van der Waals surface area contributed by atoms with E-state index < -0.39 is 7.92 Å². The van der Waals surface area contributed by atoms with Gasteiger partial charge in [-0.05, 0) is 65.0 Å². The minimum atomic E-state index is -0.446. The summed E-state index contributed by atoms with van der Waals surface area (Å²) in [5, 5.41) is 29.0. The maximum absolute atomic E-state index is 12.3. The fraction of sp³-hybridized carbons (Fsp3) is 0. The molecular formula is C35H27Cl2N3OPRuS. The number of anilines is 1. The Kier molecular flexibility index (Phi) is 15.9. The number of thiocarbonyl (C=S) groups is 1. The molecule has 0 aromatic heterocycles. The van der Waals surface area contributed by atoms with E-state index in [0.717, 1.165) is 11.1 Å². The zero-order valence-corrected chi connectivity index (χ0v) is 28.2. The van der Waals surface area contributed by atoms with Gasteiger partial charge in [-0.15, -0.1) is 10.2 Å². The summed E-state index contributed by atoms with van der Waals surface area (Å²) in [6.45, 7) is 0. The van der Waals surface area contributed by atoms with Gasteiger partial charge in [0.15, 0.2) is 0 Å². The van der Waals surface area contributed by atoms with E-state index in [9.17, 15) is 5.11 Å². The third kappa shape index (κ3) is 10.0. The number of nitrogens with one attached hydrogen (secondary N) is 1. The Labute approximate surface area is 290 Å². The summed E-state index contributed by atoms with van der Waals surface area (Å²) in [6.07, 6.45) is 0. The minimum Gasteiger partial charge on any atom is -1.00 e. The molecule has 0 amide bonds. The van der Waals surface area contributed by atoms with Crippen molar-refractivity contribution in [2.24, 2.45) is 10.2 Å². The fourth-order valence-corrected chi connectivity index (χ4v) is 6.72. The van der Waals surface area contributed by atoms with Crippen molar-refractivity contribution in [1.29, 1.82) is 0 Å². The molecule has 1 radical (unpaired) electrons. The number of halogens is 2. The number of nitrogens with zero attached hydrogens (tertiary/aromatic N) is 2. The number of hydrogen-bond acceptors (Lipinski definition) is 3. The molecule has 0 heterocycles. The molecule has 6 rings (SSSR count). The number of hydrogen-bond donors (Lipinski definition) is 1. The summed E-state index contributed by atoms with van der Waals surface area (Å²) < 4.78 is 0. The third-order valence-corrected chi connectivity index (χ3v) is 8.80. The standard InChI is InChI=1S/C18H15P.C17H13N3OS.2ClH.Ru/c1-4-10-16(11-5-1)19(17-12-6-2-7-13-17)18-14-8-3-9-15-18;21-16-14-9-5-4-6-12(14)10-11-15(16)19-20-17(22)18-13-7-2-1-3-8-13;;;/h1-15H;1-11,21H,(H,18,22);2*1H;/q;;;;+3/p-3. The van der Waals surface area contributed by atoms with Gasteiger partial charge in [-0.25, -0.2) is 0 Å². The average molecular weight is 741 g/mol. The van der Waals surface area contributed by atoms with Gasteiger partial charge in [-0.3, -0.25) is 0 Å². The molecule has 0 fully saturated rings. The topological polar surface area (TPSA) is 59.8 Å². The molecule has 0 aliphatic rings. The van der Waals surface area contributed by atoms with Crippen LogP contribution in [0, 0.1) is 0 Å². The van der Waals surface area contributed by atoms with E-state index in [2.05, 4.69) is 107 Å². The van der Waals surface area contributed by atoms with Crippen LogP contribution in [0.4, 0.5) is 11.4 Å². The van der Waals surface area contributed by atoms with Crippen LogP contribution in [0.5, 0.6) is 5.75 Å². The predicted octanol–water partition coefficient (Wildman–Crippen LogP) is 1.84. The molecular weight excluding hydrogens is 713 g/mol. The van der Waals surface area contributed by atoms with Gasteiger partial charge in [-0.1, -0.05) is 145 Å². The van der Waals surface area contributed by atoms with Crippen molar-refractivity contribution < 1.29 is 49.4 Å². The number of rotatable bonds is 5. The Morgan fingerprint density at radius 3 is 1.50 bits per heavy atom. The summed E-state index contributed by atoms with van der Waals surface area (Å²) >= 11 is 5.10. The number of azo groups is 1. The first-order valence-electron chi connectivity index (χ1n) is 13.1. The summed E-state index contributed by atoms with van der Waals surface area (Å²) in [6, 6.07) is 52.6. The normalized spacial score (nSPS) is 10.0. The van der Waals surface area contributed by atoms with Gasteiger partial charge in [0, 0.05) is 5.69 Å². The maximum Gasteiger partial charge on any atom is 3.00 e. The largest absolute Gasteiger partial charge is 3.00 e. The molecule has 0 unspecified atom stereocenters. The van der Waals surface area contributed by atoms with Crippen LogP contribution in [0.1, 0.15) is 0 Å². The van der Waals surface area contributed by atoms with Gasteiger partial charge >= 0.3 is 19.5 Å². The van der Waals surface area contributed by atoms with E-state index >= 15 is 0 Å². The van der Waals surface area contributed by atoms with Gasteiger partial charge in [0.05, 0.1) is 5.69 Å². The summed E-state index contributed by atoms with van der Waals surface area (Å²) in [4.78, 5) is 0. The van der Waals surface area contributed by atoms with E-state index in [1.165, 1.54) is 15.9 Å². The van der Waals surface area contributed by atoms with Gasteiger partial charge in [0.25, 0.3) is 0 Å². The zero-order valence-electron chi connectivity index (χ0n) is 23.3. The van der Waals surface area contributed by atoms with E-state index in [0.29, 0.717) is 5.39 Å². The second-order valence-corrected chi connectivity index (χ2v) is 11.6. The minimum absolute atomic E-state index is 0. The Morgan fingerprint density at radius 2 is 1.00 bits per heavy atom. The van der Waals surface area contributed by atoms with E-state index in [-0.39, 0.29) is 60.8 Å². The van der Waals surface area contributed by atoms with Crippen LogP contribution in [-0.2, 0) is 19.5 Å². The monoisotopic (exact) mass is 740 g/mol. The second-order valence-electron chi connectivity index (χ2n) is 8.97. The zero-order chi connectivity index (χ0) is 28.3. The molecule has 221 valence electrons. The molecule has 0 aliphatic heterocycles. The van der Waals surface area contributed by atoms with Gasteiger partial charge in [-0.2, -0.15) is 0 Å². The van der Waals surface area contributed by atoms with Crippen LogP contribution < -0.4 is 51.2 Å². The molecule has 6 aromatic carbocycles. The number of fused-ring (bicyclic) bond motifs is 1. The smallest absolute Gasteiger partial charge is 1.00 e. The Hall–Kier alpha value is -3.50. The second kappa shape index (κ2) is 19.0. The first-order valence-corrected chi connectivity index (χ1v) is 14.9. The molecule has 6 aromatic rings. The molecule has 9 heteroatoms. The van der Waals surface area contributed by atoms with Gasteiger partial charge in [0.1, 0.15) is 0 Å². The first-order chi connectivity index (χ1) is 20.2. The first kappa shape index (κ1) is 36.7. The average Bonchev–Trinajstić information content (AvgIpc) is 3.03. The van der Waals surface area contributed by atoms with Crippen LogP contribution in [0.2, 0.25) is 0 Å². The van der Waals surface area contributed by atoms with Crippen molar-refractivity contribution in [1.82, 2.24) is 0 Å². The third-order valence-electron chi connectivity index (χ3n) is 6.18. The predicted molar refractivity (Wildman–Crippen MR) is 176 cm³/mol. The Balaban J connectivity index is 0.000000290. The van der Waals surface area contributed by atoms with Gasteiger partial charge in [0.2, 0.25) is 5.11 Å². The van der Waals surface area contributed by atoms with Crippen molar-refractivity contribution >= 4 is 63.3 Å². The van der Waals surface area contributed by atoms with Crippen LogP contribution in [-0.4, -0.2) is 5.11 Å². The van der Waals surface area contributed by atoms with E-state index in [1.807, 2.05) is 54.6 Å². The molecule has 0 aliphatic carbocycles. The van der Waals surface area contributed by atoms with Crippen molar-refractivity contribution in [3.05, 3.63) is 158 Å². The quantitative estimate of drug-likeness (QED) is 0.127. The molecule has 44 heavy (non-hydrogen) atoms. The Bertz CT molecular complexity index is 1660. The fourth-order valence-electron chi connectivity index (χ4n) is 4.26. The molecule has 0 saturated carbocycles. The van der Waals surface area contributed by atoms with Crippen molar-refractivity contribution in [3.8, 4) is 5.75 Å². The van der Waals surface area contributed by atoms with Crippen molar-refractivity contribution in [2.45, 2.75) is 0 Å². The molecule has 0 spiro atoms. The van der Waals surface area contributed by atoms with Crippen LogP contribution >= 0.6 is 20.1 Å². The van der Waals surface area contributed by atoms with Crippen molar-refractivity contribution in [3.63, 3.8) is 0 Å². The number of benzene rings is 6. The maximum atomic E-state index is 12.3. The SMILES string of the molecule is [Cl-].[Cl-].[O-]c1c(N=NC(=S)Nc2ccccc2)ccc2ccccc12.[Ru+3].c1ccc(P(c2ccccc2)c2ccccc2)cc1. The molecule has 0 atom stereocenters. The molecule has 1 N–H and O–H groups in total. The van der Waals surface area contributed by atoms with E-state index in [4.69, 9.17) is 12.2 Å².